The quantitative estimate of drug-likeness (QED) is 0.263. The lowest BCUT2D eigenvalue weighted by Gasteiger charge is -2.62. The van der Waals surface area contributed by atoms with Gasteiger partial charge in [0.15, 0.2) is 0 Å². The van der Waals surface area contributed by atoms with Crippen LogP contribution in [-0.4, -0.2) is 23.1 Å². The smallest absolute Gasteiger partial charge is 0.415 e. The summed E-state index contributed by atoms with van der Waals surface area (Å²) in [7, 11) is 0. The Balaban J connectivity index is 1.50. The third-order valence-corrected chi connectivity index (χ3v) is 7.58. The van der Waals surface area contributed by atoms with Gasteiger partial charge in [-0.3, -0.25) is 0 Å². The highest BCUT2D eigenvalue weighted by Crippen LogP contribution is 2.65. The first kappa shape index (κ1) is 21.0. The predicted molar refractivity (Wildman–Crippen MR) is 103 cm³/mol. The average molecular weight is 428 g/mol. The summed E-state index contributed by atoms with van der Waals surface area (Å²) in [6.45, 7) is 2.12. The van der Waals surface area contributed by atoms with Crippen molar-refractivity contribution in [1.29, 1.82) is 0 Å². The lowest BCUT2D eigenvalue weighted by Crippen LogP contribution is -2.55. The summed E-state index contributed by atoms with van der Waals surface area (Å²) < 4.78 is 36.3. The minimum absolute atomic E-state index is 0.0102. The van der Waals surface area contributed by atoms with E-state index in [9.17, 15) is 13.6 Å². The maximum Gasteiger partial charge on any atom is 0.415 e. The van der Waals surface area contributed by atoms with Gasteiger partial charge in [-0.2, -0.15) is 8.78 Å². The fourth-order valence-electron chi connectivity index (χ4n) is 6.45. The van der Waals surface area contributed by atoms with Crippen molar-refractivity contribution < 1.29 is 32.9 Å². The van der Waals surface area contributed by atoms with Crippen LogP contribution in [0.1, 0.15) is 56.6 Å². The molecule has 0 saturated heterocycles. The van der Waals surface area contributed by atoms with E-state index in [4.69, 9.17) is 9.99 Å². The van der Waals surface area contributed by atoms with Gasteiger partial charge >= 0.3 is 11.2 Å². The number of alkyl halides is 2. The van der Waals surface area contributed by atoms with Crippen molar-refractivity contribution in [2.45, 2.75) is 62.5 Å². The van der Waals surface area contributed by atoms with Crippen LogP contribution >= 0.6 is 12.0 Å². The Hall–Kier alpha value is -1.22. The molecule has 4 fully saturated rings. The van der Waals surface area contributed by atoms with E-state index in [0.717, 1.165) is 38.5 Å². The number of carbonyl (C=O) groups excluding carboxylic acids is 1. The van der Waals surface area contributed by atoms with E-state index in [1.54, 1.807) is 0 Å². The molecule has 0 radical (unpaired) electrons. The van der Waals surface area contributed by atoms with Gasteiger partial charge in [-0.1, -0.05) is 36.2 Å². The molecule has 160 valence electrons. The van der Waals surface area contributed by atoms with Gasteiger partial charge in [0.05, 0.1) is 6.61 Å². The number of carbonyl (C=O) groups is 1. The second kappa shape index (κ2) is 7.80. The zero-order valence-electron chi connectivity index (χ0n) is 16.4. The number of ether oxygens (including phenoxy) is 1. The van der Waals surface area contributed by atoms with Crippen LogP contribution in [0.3, 0.4) is 0 Å². The highest BCUT2D eigenvalue weighted by molar-refractivity contribution is 7.96. The molecule has 2 atom stereocenters. The second-order valence-electron chi connectivity index (χ2n) is 9.11. The molecule has 29 heavy (non-hydrogen) atoms. The third-order valence-electron chi connectivity index (χ3n) is 7.07. The molecule has 4 aliphatic rings. The standard InChI is InChI=1S/C21H26F2O5S/c1-2-14-3-5-17(6-4-14)20-10-15-7-16(11-20)9-19(8-15,12-20)13-26-18(24)21(22,23)29-28-27-25/h3-6,15-16,25H,2,7-13H2,1H3. The van der Waals surface area contributed by atoms with E-state index in [2.05, 4.69) is 40.6 Å². The molecule has 4 saturated carbocycles. The van der Waals surface area contributed by atoms with E-state index in [0.29, 0.717) is 11.8 Å². The summed E-state index contributed by atoms with van der Waals surface area (Å²) in [6, 6.07) is 8.81. The molecule has 1 aromatic rings. The summed E-state index contributed by atoms with van der Waals surface area (Å²) >= 11 is -0.577. The molecular formula is C21H26F2O5S. The van der Waals surface area contributed by atoms with Gasteiger partial charge in [-0.25, -0.2) is 10.1 Å². The summed E-state index contributed by atoms with van der Waals surface area (Å²) in [4.78, 5) is 11.9. The van der Waals surface area contributed by atoms with Crippen molar-refractivity contribution in [3.8, 4) is 0 Å². The van der Waals surface area contributed by atoms with Gasteiger partial charge in [-0.15, -0.1) is 4.33 Å². The minimum Gasteiger partial charge on any atom is -0.460 e. The lowest BCUT2D eigenvalue weighted by atomic mass is 9.43. The predicted octanol–water partition coefficient (Wildman–Crippen LogP) is 5.29. The molecule has 1 N–H and O–H groups in total. The topological polar surface area (TPSA) is 65.0 Å². The van der Waals surface area contributed by atoms with Gasteiger partial charge in [0.2, 0.25) is 0 Å². The molecular weight excluding hydrogens is 402 g/mol. The van der Waals surface area contributed by atoms with Crippen molar-refractivity contribution in [3.05, 3.63) is 35.4 Å². The maximum atomic E-state index is 13.7. The third kappa shape index (κ3) is 4.04. The normalized spacial score (nSPS) is 33.1. The van der Waals surface area contributed by atoms with Crippen LogP contribution in [0.15, 0.2) is 24.3 Å². The van der Waals surface area contributed by atoms with Crippen LogP contribution in [0.4, 0.5) is 8.78 Å². The van der Waals surface area contributed by atoms with Crippen LogP contribution in [0, 0.1) is 17.3 Å². The average Bonchev–Trinajstić information content (AvgIpc) is 2.69. The summed E-state index contributed by atoms with van der Waals surface area (Å²) in [5, 5.41) is 7.25. The van der Waals surface area contributed by atoms with E-state index in [1.165, 1.54) is 17.5 Å². The SMILES string of the molecule is CCc1ccc(C23CC4CC(CC(COC(=O)C(F)(F)SOOO)(C4)C2)C3)cc1. The van der Waals surface area contributed by atoms with Gasteiger partial charge < -0.3 is 4.74 Å². The Bertz CT molecular complexity index is 740. The van der Waals surface area contributed by atoms with Crippen LogP contribution in [0.5, 0.6) is 0 Å². The molecule has 2 unspecified atom stereocenters. The van der Waals surface area contributed by atoms with Crippen LogP contribution < -0.4 is 0 Å². The number of benzene rings is 1. The van der Waals surface area contributed by atoms with Crippen molar-refractivity contribution in [2.75, 3.05) is 6.61 Å². The Morgan fingerprint density at radius 2 is 1.86 bits per heavy atom. The summed E-state index contributed by atoms with van der Waals surface area (Å²) in [6.07, 6.45) is 7.12. The van der Waals surface area contributed by atoms with Crippen molar-refractivity contribution in [2.24, 2.45) is 17.3 Å². The lowest BCUT2D eigenvalue weighted by molar-refractivity contribution is -0.433. The number of hydrogen-bond donors (Lipinski definition) is 1. The molecule has 0 aliphatic heterocycles. The largest absolute Gasteiger partial charge is 0.460 e. The molecule has 1 aromatic carbocycles. The Morgan fingerprint density at radius 1 is 1.21 bits per heavy atom. The number of esters is 1. The molecule has 0 amide bonds. The minimum atomic E-state index is -3.95. The fourth-order valence-corrected chi connectivity index (χ4v) is 6.69. The molecule has 4 bridgehead atoms. The highest BCUT2D eigenvalue weighted by Gasteiger charge is 2.59. The molecule has 8 heteroatoms. The van der Waals surface area contributed by atoms with E-state index in [1.807, 2.05) is 0 Å². The summed E-state index contributed by atoms with van der Waals surface area (Å²) in [5.41, 5.74) is 2.43. The Kier molecular flexibility index (Phi) is 5.65. The van der Waals surface area contributed by atoms with Crippen molar-refractivity contribution in [1.82, 2.24) is 0 Å². The van der Waals surface area contributed by atoms with Crippen LogP contribution in [-0.2, 0) is 30.7 Å². The molecule has 5 nitrogen and oxygen atoms in total. The molecule has 0 spiro atoms. The van der Waals surface area contributed by atoms with Gasteiger partial charge in [-0.05, 0) is 73.3 Å². The van der Waals surface area contributed by atoms with Crippen molar-refractivity contribution >= 4 is 18.0 Å². The number of hydrogen-bond acceptors (Lipinski definition) is 6. The molecule has 0 heterocycles. The number of halogens is 2. The van der Waals surface area contributed by atoms with E-state index < -0.39 is 23.3 Å². The zero-order chi connectivity index (χ0) is 20.7. The summed E-state index contributed by atoms with van der Waals surface area (Å²) in [5.74, 6) is -0.583. The van der Waals surface area contributed by atoms with Gasteiger partial charge in [0.1, 0.15) is 12.0 Å². The first-order valence-electron chi connectivity index (χ1n) is 10.1. The zero-order valence-corrected chi connectivity index (χ0v) is 17.2. The van der Waals surface area contributed by atoms with Crippen molar-refractivity contribution in [3.63, 3.8) is 0 Å². The number of rotatable bonds is 8. The second-order valence-corrected chi connectivity index (χ2v) is 9.93. The number of aryl methyl sites for hydroxylation is 1. The first-order valence-corrected chi connectivity index (χ1v) is 10.8. The van der Waals surface area contributed by atoms with Gasteiger partial charge in [0, 0.05) is 5.41 Å². The molecule has 4 aliphatic carbocycles. The Labute approximate surface area is 173 Å². The van der Waals surface area contributed by atoms with Crippen LogP contribution in [0.2, 0.25) is 0 Å². The maximum absolute atomic E-state index is 13.7. The molecule has 0 aromatic heterocycles. The highest BCUT2D eigenvalue weighted by atomic mass is 32.2. The first-order chi connectivity index (χ1) is 13.8. The van der Waals surface area contributed by atoms with Crippen LogP contribution in [0.25, 0.3) is 0 Å². The Morgan fingerprint density at radius 3 is 2.45 bits per heavy atom. The van der Waals surface area contributed by atoms with Gasteiger partial charge in [0.25, 0.3) is 0 Å². The monoisotopic (exact) mass is 428 g/mol. The fraction of sp³-hybridized carbons (Fsp3) is 0.667. The molecule has 5 rings (SSSR count). The van der Waals surface area contributed by atoms with E-state index in [-0.39, 0.29) is 17.4 Å². The van der Waals surface area contributed by atoms with E-state index >= 15 is 0 Å².